The van der Waals surface area contributed by atoms with Gasteiger partial charge in [-0.15, -0.1) is 17.9 Å². The molecule has 0 N–H and O–H groups in total. The van der Waals surface area contributed by atoms with Crippen LogP contribution >= 0.6 is 11.3 Å². The number of thiophene rings is 1. The second kappa shape index (κ2) is 5.43. The number of para-hydroxylation sites is 1. The Hall–Kier alpha value is -2.66. The van der Waals surface area contributed by atoms with Gasteiger partial charge in [-0.1, -0.05) is 31.2 Å². The first-order valence-electron chi connectivity index (χ1n) is 8.44. The standard InChI is InChI=1S/C20H18N4S/c1-3-14-13(2)20-23(16-8-5-4-7-15(14)16)17-11-21-12-22-19(17)24(20)18-9-6-10-25-18/h3-14,20H,1H2,2H3. The van der Waals surface area contributed by atoms with Crippen molar-refractivity contribution in [2.45, 2.75) is 19.0 Å². The Morgan fingerprint density at radius 3 is 2.80 bits per heavy atom. The van der Waals surface area contributed by atoms with E-state index < -0.39 is 0 Å². The fraction of sp³-hybridized carbons (Fsp3) is 0.200. The van der Waals surface area contributed by atoms with Gasteiger partial charge in [-0.2, -0.15) is 0 Å². The van der Waals surface area contributed by atoms with Gasteiger partial charge in [-0.05, 0) is 29.1 Å². The molecule has 4 nitrogen and oxygen atoms in total. The van der Waals surface area contributed by atoms with Gasteiger partial charge in [0.1, 0.15) is 18.2 Å². The molecule has 0 fully saturated rings. The van der Waals surface area contributed by atoms with Crippen LogP contribution in [0.5, 0.6) is 0 Å². The van der Waals surface area contributed by atoms with E-state index in [0.29, 0.717) is 11.8 Å². The predicted molar refractivity (Wildman–Crippen MR) is 103 cm³/mol. The molecule has 2 aliphatic rings. The highest BCUT2D eigenvalue weighted by atomic mass is 32.1. The van der Waals surface area contributed by atoms with Gasteiger partial charge in [0, 0.05) is 17.5 Å². The van der Waals surface area contributed by atoms with Crippen molar-refractivity contribution in [3.05, 3.63) is 72.5 Å². The van der Waals surface area contributed by atoms with E-state index in [-0.39, 0.29) is 6.17 Å². The van der Waals surface area contributed by atoms with E-state index in [1.807, 2.05) is 6.20 Å². The first-order chi connectivity index (χ1) is 12.3. The van der Waals surface area contributed by atoms with Gasteiger partial charge >= 0.3 is 0 Å². The average molecular weight is 346 g/mol. The van der Waals surface area contributed by atoms with Crippen molar-refractivity contribution in [1.82, 2.24) is 9.97 Å². The van der Waals surface area contributed by atoms with E-state index in [0.717, 1.165) is 11.5 Å². The third kappa shape index (κ3) is 1.93. The van der Waals surface area contributed by atoms with E-state index >= 15 is 0 Å². The van der Waals surface area contributed by atoms with Crippen LogP contribution in [0.3, 0.4) is 0 Å². The molecule has 0 saturated heterocycles. The lowest BCUT2D eigenvalue weighted by atomic mass is 9.80. The highest BCUT2D eigenvalue weighted by molar-refractivity contribution is 7.14. The fourth-order valence-corrected chi connectivity index (χ4v) is 5.00. The van der Waals surface area contributed by atoms with E-state index in [4.69, 9.17) is 0 Å². The molecule has 3 atom stereocenters. The van der Waals surface area contributed by atoms with Gasteiger partial charge in [-0.3, -0.25) is 4.90 Å². The smallest absolute Gasteiger partial charge is 0.162 e. The Balaban J connectivity index is 1.79. The molecule has 0 bridgehead atoms. The summed E-state index contributed by atoms with van der Waals surface area (Å²) < 4.78 is 0. The molecular weight excluding hydrogens is 328 g/mol. The van der Waals surface area contributed by atoms with Crippen molar-refractivity contribution >= 4 is 33.5 Å². The highest BCUT2D eigenvalue weighted by Crippen LogP contribution is 2.55. The molecule has 0 saturated carbocycles. The van der Waals surface area contributed by atoms with Gasteiger partial charge in [0.15, 0.2) is 5.82 Å². The summed E-state index contributed by atoms with van der Waals surface area (Å²) in [4.78, 5) is 13.7. The first kappa shape index (κ1) is 14.7. The number of hydrogen-bond acceptors (Lipinski definition) is 5. The Kier molecular flexibility index (Phi) is 3.18. The zero-order valence-electron chi connectivity index (χ0n) is 13.9. The summed E-state index contributed by atoms with van der Waals surface area (Å²) in [7, 11) is 0. The van der Waals surface area contributed by atoms with E-state index in [9.17, 15) is 0 Å². The molecular formula is C20H18N4S. The summed E-state index contributed by atoms with van der Waals surface area (Å²) in [5.74, 6) is 1.65. The quantitative estimate of drug-likeness (QED) is 0.606. The normalized spacial score (nSPS) is 23.8. The third-order valence-electron chi connectivity index (χ3n) is 5.28. The van der Waals surface area contributed by atoms with Crippen LogP contribution in [0.2, 0.25) is 0 Å². The van der Waals surface area contributed by atoms with Gasteiger partial charge < -0.3 is 4.90 Å². The molecule has 0 radical (unpaired) electrons. The van der Waals surface area contributed by atoms with E-state index in [1.165, 1.54) is 16.3 Å². The number of hydrogen-bond donors (Lipinski definition) is 0. The van der Waals surface area contributed by atoms with Crippen LogP contribution < -0.4 is 9.80 Å². The number of anilines is 4. The Morgan fingerprint density at radius 1 is 1.12 bits per heavy atom. The van der Waals surface area contributed by atoms with Crippen LogP contribution in [0.1, 0.15) is 18.4 Å². The number of benzene rings is 1. The van der Waals surface area contributed by atoms with Crippen molar-refractivity contribution in [1.29, 1.82) is 0 Å². The van der Waals surface area contributed by atoms with Crippen LogP contribution in [0.4, 0.5) is 22.2 Å². The minimum Gasteiger partial charge on any atom is -0.315 e. The number of aromatic nitrogens is 2. The van der Waals surface area contributed by atoms with Gasteiger partial charge in [0.2, 0.25) is 0 Å². The minimum absolute atomic E-state index is 0.170. The summed E-state index contributed by atoms with van der Waals surface area (Å²) in [5.41, 5.74) is 3.62. The molecule has 4 heterocycles. The molecule has 0 aliphatic carbocycles. The van der Waals surface area contributed by atoms with Crippen molar-refractivity contribution in [3.8, 4) is 0 Å². The number of allylic oxidation sites excluding steroid dienone is 1. The topological polar surface area (TPSA) is 32.3 Å². The van der Waals surface area contributed by atoms with E-state index in [1.54, 1.807) is 17.7 Å². The monoisotopic (exact) mass is 346 g/mol. The maximum Gasteiger partial charge on any atom is 0.162 e. The lowest BCUT2D eigenvalue weighted by molar-refractivity contribution is 0.410. The van der Waals surface area contributed by atoms with Gasteiger partial charge in [0.25, 0.3) is 0 Å². The average Bonchev–Trinajstić information content (AvgIpc) is 3.28. The second-order valence-corrected chi connectivity index (χ2v) is 7.44. The minimum atomic E-state index is 0.170. The predicted octanol–water partition coefficient (Wildman–Crippen LogP) is 5.07. The zero-order valence-corrected chi connectivity index (χ0v) is 14.7. The summed E-state index contributed by atoms with van der Waals surface area (Å²) in [6, 6.07) is 12.9. The molecule has 2 aliphatic heterocycles. The van der Waals surface area contributed by atoms with Gasteiger partial charge in [0.05, 0.1) is 11.2 Å². The lowest BCUT2D eigenvalue weighted by Crippen LogP contribution is -2.48. The molecule has 0 amide bonds. The zero-order chi connectivity index (χ0) is 17.0. The number of fused-ring (bicyclic) bond motifs is 5. The second-order valence-electron chi connectivity index (χ2n) is 6.52. The van der Waals surface area contributed by atoms with Crippen LogP contribution in [-0.2, 0) is 0 Å². The first-order valence-corrected chi connectivity index (χ1v) is 9.32. The maximum absolute atomic E-state index is 4.63. The molecule has 3 unspecified atom stereocenters. The molecule has 5 heteroatoms. The van der Waals surface area contributed by atoms with E-state index in [2.05, 4.69) is 81.1 Å². The number of nitrogens with zero attached hydrogens (tertiary/aromatic N) is 4. The largest absolute Gasteiger partial charge is 0.315 e. The fourth-order valence-electron chi connectivity index (χ4n) is 4.24. The molecule has 5 rings (SSSR count). The van der Waals surface area contributed by atoms with Crippen molar-refractivity contribution in [2.75, 3.05) is 9.80 Å². The van der Waals surface area contributed by atoms with Crippen LogP contribution in [0, 0.1) is 5.92 Å². The Morgan fingerprint density at radius 2 is 2.00 bits per heavy atom. The summed E-state index contributed by atoms with van der Waals surface area (Å²) in [6.07, 6.45) is 5.82. The summed E-state index contributed by atoms with van der Waals surface area (Å²) in [5, 5.41) is 3.33. The Labute approximate surface area is 151 Å². The molecule has 124 valence electrons. The molecule has 1 aromatic carbocycles. The molecule has 25 heavy (non-hydrogen) atoms. The summed E-state index contributed by atoms with van der Waals surface area (Å²) >= 11 is 1.74. The molecule has 0 spiro atoms. The van der Waals surface area contributed by atoms with Crippen molar-refractivity contribution in [3.63, 3.8) is 0 Å². The SMILES string of the molecule is C=CC1c2ccccc2N2c3cncnc3N(c3cccs3)C2C1C. The maximum atomic E-state index is 4.63. The van der Waals surface area contributed by atoms with Gasteiger partial charge in [-0.25, -0.2) is 9.97 Å². The summed E-state index contributed by atoms with van der Waals surface area (Å²) in [6.45, 7) is 6.43. The van der Waals surface area contributed by atoms with Crippen LogP contribution in [0.15, 0.2) is 67.0 Å². The molecule has 3 aromatic rings. The third-order valence-corrected chi connectivity index (χ3v) is 6.15. The van der Waals surface area contributed by atoms with Crippen molar-refractivity contribution < 1.29 is 0 Å². The van der Waals surface area contributed by atoms with Crippen LogP contribution in [0.25, 0.3) is 0 Å². The van der Waals surface area contributed by atoms with Crippen molar-refractivity contribution in [2.24, 2.45) is 5.92 Å². The highest BCUT2D eigenvalue weighted by Gasteiger charge is 2.48. The lowest BCUT2D eigenvalue weighted by Gasteiger charge is -2.44. The molecule has 2 aromatic heterocycles. The number of rotatable bonds is 2. The van der Waals surface area contributed by atoms with Crippen LogP contribution in [-0.4, -0.2) is 16.1 Å². The Bertz CT molecular complexity index is 936.